The van der Waals surface area contributed by atoms with Gasteiger partial charge in [0.2, 0.25) is 5.91 Å². The molecule has 1 N–H and O–H groups in total. The van der Waals surface area contributed by atoms with Crippen LogP contribution in [0.5, 0.6) is 0 Å². The molecule has 0 aromatic carbocycles. The van der Waals surface area contributed by atoms with E-state index in [1.165, 1.54) is 34.8 Å². The molecule has 3 unspecified atom stereocenters. The molecule has 1 heterocycles. The highest BCUT2D eigenvalue weighted by Gasteiger charge is 2.50. The molecule has 0 radical (unpaired) electrons. The fourth-order valence-electron chi connectivity index (χ4n) is 2.49. The second kappa shape index (κ2) is 9.33. The molecule has 0 aromatic heterocycles. The standard InChI is InChI=1S/C15H23NO9/c1-7(17)16-12-14(24-10(4)20)13(23-9(3)19)11(6-22-8(2)18)25-15(12)21-5/h11-15H,6H2,1-5H3,(H,16,17)/t11?,12?,13-,14?,15-/m0/s1. The SMILES string of the molecule is CO[C@H]1OC(COC(C)=O)[C@H](OC(C)=O)C(OC(C)=O)C1NC(C)=O. The number of amides is 1. The van der Waals surface area contributed by atoms with E-state index in [1.807, 2.05) is 0 Å². The van der Waals surface area contributed by atoms with Gasteiger partial charge in [-0.05, 0) is 0 Å². The summed E-state index contributed by atoms with van der Waals surface area (Å²) in [7, 11) is 1.33. The lowest BCUT2D eigenvalue weighted by Crippen LogP contribution is -2.66. The van der Waals surface area contributed by atoms with E-state index in [2.05, 4.69) is 5.32 Å². The van der Waals surface area contributed by atoms with E-state index in [1.54, 1.807) is 0 Å². The van der Waals surface area contributed by atoms with Crippen molar-refractivity contribution in [1.82, 2.24) is 5.32 Å². The van der Waals surface area contributed by atoms with Crippen molar-refractivity contribution < 1.29 is 42.9 Å². The maximum absolute atomic E-state index is 11.5. The van der Waals surface area contributed by atoms with Gasteiger partial charge in [0.05, 0.1) is 0 Å². The first kappa shape index (κ1) is 20.8. The maximum Gasteiger partial charge on any atom is 0.303 e. The summed E-state index contributed by atoms with van der Waals surface area (Å²) in [5.74, 6) is -2.29. The van der Waals surface area contributed by atoms with Gasteiger partial charge in [0.1, 0.15) is 18.8 Å². The minimum Gasteiger partial charge on any atom is -0.463 e. The number of nitrogens with one attached hydrogen (secondary N) is 1. The Morgan fingerprint density at radius 1 is 0.920 bits per heavy atom. The van der Waals surface area contributed by atoms with Gasteiger partial charge in [-0.15, -0.1) is 0 Å². The van der Waals surface area contributed by atoms with Crippen molar-refractivity contribution in [3.8, 4) is 0 Å². The van der Waals surface area contributed by atoms with Crippen molar-refractivity contribution in [1.29, 1.82) is 0 Å². The number of rotatable bonds is 6. The summed E-state index contributed by atoms with van der Waals surface area (Å²) in [6.45, 7) is 4.57. The van der Waals surface area contributed by atoms with Gasteiger partial charge in [0, 0.05) is 34.8 Å². The molecule has 0 spiro atoms. The van der Waals surface area contributed by atoms with Crippen LogP contribution >= 0.6 is 0 Å². The predicted molar refractivity (Wildman–Crippen MR) is 81.0 cm³/mol. The molecule has 0 aromatic rings. The molecule has 1 amide bonds. The monoisotopic (exact) mass is 361 g/mol. The van der Waals surface area contributed by atoms with Crippen molar-refractivity contribution in [2.75, 3.05) is 13.7 Å². The summed E-state index contributed by atoms with van der Waals surface area (Å²) < 4.78 is 26.2. The van der Waals surface area contributed by atoms with Crippen LogP contribution in [0, 0.1) is 0 Å². The molecule has 1 rings (SSSR count). The Bertz CT molecular complexity index is 521. The quantitative estimate of drug-likeness (QED) is 0.482. The normalized spacial score (nSPS) is 28.6. The van der Waals surface area contributed by atoms with Gasteiger partial charge in [-0.2, -0.15) is 0 Å². The Balaban J connectivity index is 3.18. The Hall–Kier alpha value is -2.20. The maximum atomic E-state index is 11.5. The van der Waals surface area contributed by atoms with E-state index >= 15 is 0 Å². The number of hydrogen-bond donors (Lipinski definition) is 1. The molecule has 1 fully saturated rings. The van der Waals surface area contributed by atoms with Crippen LogP contribution in [0.3, 0.4) is 0 Å². The van der Waals surface area contributed by atoms with E-state index < -0.39 is 54.5 Å². The summed E-state index contributed by atoms with van der Waals surface area (Å²) in [6.07, 6.45) is -4.17. The lowest BCUT2D eigenvalue weighted by Gasteiger charge is -2.44. The molecule has 0 bridgehead atoms. The molecule has 25 heavy (non-hydrogen) atoms. The van der Waals surface area contributed by atoms with Crippen LogP contribution < -0.4 is 5.32 Å². The Kier molecular flexibility index (Phi) is 7.78. The van der Waals surface area contributed by atoms with Crippen LogP contribution in [0.2, 0.25) is 0 Å². The highest BCUT2D eigenvalue weighted by atomic mass is 16.7. The summed E-state index contributed by atoms with van der Waals surface area (Å²) in [6, 6.07) is -0.927. The predicted octanol–water partition coefficient (Wildman–Crippen LogP) is -0.711. The molecular formula is C15H23NO9. The van der Waals surface area contributed by atoms with Crippen molar-refractivity contribution in [3.05, 3.63) is 0 Å². The van der Waals surface area contributed by atoms with E-state index in [4.69, 9.17) is 23.7 Å². The van der Waals surface area contributed by atoms with Gasteiger partial charge in [-0.3, -0.25) is 19.2 Å². The van der Waals surface area contributed by atoms with Gasteiger partial charge in [0.15, 0.2) is 18.5 Å². The first-order chi connectivity index (χ1) is 11.6. The Labute approximate surface area is 145 Å². The molecule has 10 heteroatoms. The topological polar surface area (TPSA) is 126 Å². The zero-order valence-corrected chi connectivity index (χ0v) is 14.8. The van der Waals surface area contributed by atoms with Crippen LogP contribution in [0.15, 0.2) is 0 Å². The molecule has 0 saturated carbocycles. The first-order valence-corrected chi connectivity index (χ1v) is 7.58. The van der Waals surface area contributed by atoms with Gasteiger partial charge in [-0.1, -0.05) is 0 Å². The third-order valence-corrected chi connectivity index (χ3v) is 3.30. The van der Waals surface area contributed by atoms with Gasteiger partial charge in [-0.25, -0.2) is 0 Å². The van der Waals surface area contributed by atoms with Gasteiger partial charge in [0.25, 0.3) is 0 Å². The minimum absolute atomic E-state index is 0.252. The lowest BCUT2D eigenvalue weighted by atomic mass is 9.96. The smallest absolute Gasteiger partial charge is 0.303 e. The van der Waals surface area contributed by atoms with E-state index in [-0.39, 0.29) is 6.61 Å². The molecule has 1 aliphatic heterocycles. The van der Waals surface area contributed by atoms with Crippen molar-refractivity contribution in [2.45, 2.75) is 58.3 Å². The van der Waals surface area contributed by atoms with Gasteiger partial charge < -0.3 is 29.0 Å². The molecule has 10 nitrogen and oxygen atoms in total. The molecule has 1 saturated heterocycles. The van der Waals surface area contributed by atoms with Crippen LogP contribution in [-0.4, -0.2) is 68.2 Å². The third kappa shape index (κ3) is 6.31. The molecule has 1 aliphatic rings. The number of ether oxygens (including phenoxy) is 5. The average Bonchev–Trinajstić information content (AvgIpc) is 2.48. The van der Waals surface area contributed by atoms with Crippen LogP contribution in [0.1, 0.15) is 27.7 Å². The molecule has 0 aliphatic carbocycles. The number of methoxy groups -OCH3 is 1. The van der Waals surface area contributed by atoms with Crippen molar-refractivity contribution in [2.24, 2.45) is 0 Å². The average molecular weight is 361 g/mol. The molecule has 5 atom stereocenters. The zero-order valence-electron chi connectivity index (χ0n) is 14.8. The van der Waals surface area contributed by atoms with Crippen LogP contribution in [-0.2, 0) is 42.9 Å². The summed E-state index contributed by atoms with van der Waals surface area (Å²) in [5.41, 5.74) is 0. The Morgan fingerprint density at radius 3 is 1.92 bits per heavy atom. The molecular weight excluding hydrogens is 338 g/mol. The van der Waals surface area contributed by atoms with Crippen LogP contribution in [0.4, 0.5) is 0 Å². The highest BCUT2D eigenvalue weighted by Crippen LogP contribution is 2.27. The van der Waals surface area contributed by atoms with Crippen molar-refractivity contribution in [3.63, 3.8) is 0 Å². The second-order valence-corrected chi connectivity index (χ2v) is 5.46. The number of hydrogen-bond acceptors (Lipinski definition) is 9. The zero-order chi connectivity index (χ0) is 19.1. The number of esters is 3. The third-order valence-electron chi connectivity index (χ3n) is 3.30. The summed E-state index contributed by atoms with van der Waals surface area (Å²) in [4.78, 5) is 45.5. The summed E-state index contributed by atoms with van der Waals surface area (Å²) in [5, 5.41) is 2.56. The lowest BCUT2D eigenvalue weighted by molar-refractivity contribution is -0.271. The fraction of sp³-hybridized carbons (Fsp3) is 0.733. The fourth-order valence-corrected chi connectivity index (χ4v) is 2.49. The van der Waals surface area contributed by atoms with Crippen LogP contribution in [0.25, 0.3) is 0 Å². The largest absolute Gasteiger partial charge is 0.463 e. The molecule has 142 valence electrons. The van der Waals surface area contributed by atoms with E-state index in [9.17, 15) is 19.2 Å². The van der Waals surface area contributed by atoms with Crippen molar-refractivity contribution >= 4 is 23.8 Å². The minimum atomic E-state index is -1.11. The summed E-state index contributed by atoms with van der Waals surface area (Å²) >= 11 is 0. The van der Waals surface area contributed by atoms with Gasteiger partial charge >= 0.3 is 17.9 Å². The highest BCUT2D eigenvalue weighted by molar-refractivity contribution is 5.73. The first-order valence-electron chi connectivity index (χ1n) is 7.58. The Morgan fingerprint density at radius 2 is 1.48 bits per heavy atom. The second-order valence-electron chi connectivity index (χ2n) is 5.46. The van der Waals surface area contributed by atoms with E-state index in [0.717, 1.165) is 0 Å². The number of carbonyl (C=O) groups is 4. The number of carbonyl (C=O) groups excluding carboxylic acids is 4. The van der Waals surface area contributed by atoms with E-state index in [0.29, 0.717) is 0 Å².